The van der Waals surface area contributed by atoms with E-state index in [0.717, 1.165) is 27.2 Å². The normalized spacial score (nSPS) is 17.1. The van der Waals surface area contributed by atoms with E-state index in [4.69, 9.17) is 10.1 Å². The van der Waals surface area contributed by atoms with E-state index in [1.165, 1.54) is 6.08 Å². The van der Waals surface area contributed by atoms with E-state index >= 15 is 0 Å². The van der Waals surface area contributed by atoms with Crippen molar-refractivity contribution >= 4 is 50.7 Å². The fourth-order valence-electron chi connectivity index (χ4n) is 3.73. The lowest BCUT2D eigenvalue weighted by atomic mass is 10.1. The largest absolute Gasteiger partial charge is 0.492 e. The Morgan fingerprint density at radius 1 is 1.14 bits per heavy atom. The molecule has 0 unspecified atom stereocenters. The van der Waals surface area contributed by atoms with Crippen molar-refractivity contribution < 1.29 is 22.7 Å². The molecule has 35 heavy (non-hydrogen) atoms. The zero-order valence-corrected chi connectivity index (χ0v) is 19.2. The summed E-state index contributed by atoms with van der Waals surface area (Å²) in [7, 11) is 0. The van der Waals surface area contributed by atoms with Gasteiger partial charge in [0.15, 0.2) is 5.84 Å². The van der Waals surface area contributed by atoms with Crippen LogP contribution >= 0.6 is 11.8 Å². The van der Waals surface area contributed by atoms with Gasteiger partial charge in [0.1, 0.15) is 12.4 Å². The van der Waals surface area contributed by atoms with Crippen LogP contribution in [0.25, 0.3) is 17.0 Å². The molecule has 0 radical (unpaired) electrons. The van der Waals surface area contributed by atoms with Crippen LogP contribution in [-0.4, -0.2) is 44.3 Å². The summed E-state index contributed by atoms with van der Waals surface area (Å²) in [5.41, 5.74) is 2.52. The maximum atomic E-state index is 13.1. The number of aryl methyl sites for hydroxylation is 1. The lowest BCUT2D eigenvalue weighted by Crippen LogP contribution is -2.35. The topological polar surface area (TPSA) is 83.0 Å². The summed E-state index contributed by atoms with van der Waals surface area (Å²) in [6, 6.07) is 15.3. The van der Waals surface area contributed by atoms with Crippen molar-refractivity contribution in [3.05, 3.63) is 71.4 Å². The van der Waals surface area contributed by atoms with Gasteiger partial charge < -0.3 is 9.30 Å². The number of alkyl halides is 3. The fourth-order valence-corrected chi connectivity index (χ4v) is 4.49. The predicted molar refractivity (Wildman–Crippen MR) is 130 cm³/mol. The second-order valence-corrected chi connectivity index (χ2v) is 8.84. The third-order valence-electron chi connectivity index (χ3n) is 5.44. The van der Waals surface area contributed by atoms with E-state index in [9.17, 15) is 18.0 Å². The average Bonchev–Trinajstić information content (AvgIpc) is 3.40. The smallest absolute Gasteiger partial charge is 0.441 e. The standard InChI is InChI=1S/C24H18F3N5O2S/c1-14-6-8-16(9-7-14)34-11-10-31-13-15(17-4-2-3-5-19(17)31)12-18-20(28)32-23(29-21(18)33)35-22(30-32)24(25,26)27/h2-9,12-13,28H,10-11H2,1H3. The van der Waals surface area contributed by atoms with Gasteiger partial charge in [0.25, 0.3) is 5.91 Å². The number of thioether (sulfide) groups is 1. The molecule has 0 bridgehead atoms. The maximum Gasteiger partial charge on any atom is 0.441 e. The molecule has 0 spiro atoms. The van der Waals surface area contributed by atoms with E-state index < -0.39 is 23.0 Å². The molecule has 2 aliphatic rings. The zero-order chi connectivity index (χ0) is 24.7. The van der Waals surface area contributed by atoms with Crippen LogP contribution in [0.5, 0.6) is 5.75 Å². The highest BCUT2D eigenvalue weighted by molar-refractivity contribution is 8.27. The molecule has 0 aliphatic carbocycles. The Morgan fingerprint density at radius 3 is 2.63 bits per heavy atom. The van der Waals surface area contributed by atoms with Gasteiger partial charge in [-0.05, 0) is 43.0 Å². The predicted octanol–water partition coefficient (Wildman–Crippen LogP) is 5.21. The quantitative estimate of drug-likeness (QED) is 0.491. The summed E-state index contributed by atoms with van der Waals surface area (Å²) in [4.78, 5) is 16.3. The molecule has 0 atom stereocenters. The van der Waals surface area contributed by atoms with Crippen molar-refractivity contribution in [1.82, 2.24) is 9.58 Å². The van der Waals surface area contributed by atoms with Gasteiger partial charge in [0.2, 0.25) is 10.2 Å². The average molecular weight is 498 g/mol. The number of carbonyl (C=O) groups excluding carboxylic acids is 1. The zero-order valence-electron chi connectivity index (χ0n) is 18.3. The van der Waals surface area contributed by atoms with Crippen LogP contribution in [0.2, 0.25) is 0 Å². The van der Waals surface area contributed by atoms with Gasteiger partial charge in [-0.15, -0.1) is 0 Å². The molecule has 0 saturated carbocycles. The Kier molecular flexibility index (Phi) is 5.72. The van der Waals surface area contributed by atoms with Gasteiger partial charge in [0.05, 0.1) is 12.1 Å². The number of aliphatic imine (C=N–C) groups is 1. The summed E-state index contributed by atoms with van der Waals surface area (Å²) >= 11 is 0.226. The van der Waals surface area contributed by atoms with Crippen LogP contribution < -0.4 is 4.74 Å². The van der Waals surface area contributed by atoms with Crippen LogP contribution in [-0.2, 0) is 11.3 Å². The second-order valence-electron chi connectivity index (χ2n) is 7.88. The highest BCUT2D eigenvalue weighted by Crippen LogP contribution is 2.35. The molecule has 0 saturated heterocycles. The molecule has 2 aromatic carbocycles. The fraction of sp³-hybridized carbons (Fsp3) is 0.167. The minimum Gasteiger partial charge on any atom is -0.492 e. The summed E-state index contributed by atoms with van der Waals surface area (Å²) in [6.45, 7) is 2.92. The molecule has 7 nitrogen and oxygen atoms in total. The minimum atomic E-state index is -4.69. The Hall–Kier alpha value is -3.86. The number of nitrogens with one attached hydrogen (secondary N) is 1. The number of fused-ring (bicyclic) bond motifs is 2. The van der Waals surface area contributed by atoms with Crippen molar-refractivity contribution in [1.29, 1.82) is 5.41 Å². The van der Waals surface area contributed by atoms with E-state index in [2.05, 4.69) is 10.1 Å². The molecule has 11 heteroatoms. The van der Waals surface area contributed by atoms with E-state index in [0.29, 0.717) is 18.7 Å². The molecule has 1 N–H and O–H groups in total. The summed E-state index contributed by atoms with van der Waals surface area (Å²) in [6.07, 6.45) is -1.40. The Labute approximate surface area is 202 Å². The van der Waals surface area contributed by atoms with Gasteiger partial charge in [-0.1, -0.05) is 35.9 Å². The number of benzene rings is 2. The number of aromatic nitrogens is 1. The molecule has 5 rings (SSSR count). The molecule has 3 aromatic rings. The summed E-state index contributed by atoms with van der Waals surface area (Å²) in [5, 5.41) is 11.9. The van der Waals surface area contributed by atoms with Crippen molar-refractivity contribution in [3.8, 4) is 5.75 Å². The Bertz CT molecular complexity index is 1440. The molecule has 0 fully saturated rings. The second kappa shape index (κ2) is 8.73. The number of para-hydroxylation sites is 1. The van der Waals surface area contributed by atoms with Gasteiger partial charge in [-0.25, -0.2) is 0 Å². The van der Waals surface area contributed by atoms with E-state index in [-0.39, 0.29) is 22.5 Å². The Balaban J connectivity index is 1.43. The number of halogens is 3. The number of rotatable bonds is 5. The summed E-state index contributed by atoms with van der Waals surface area (Å²) < 4.78 is 47.0. The Morgan fingerprint density at radius 2 is 1.89 bits per heavy atom. The molecule has 1 amide bonds. The maximum absolute atomic E-state index is 13.1. The number of hydrogen-bond donors (Lipinski definition) is 1. The number of amidine groups is 2. The first kappa shape index (κ1) is 22.9. The van der Waals surface area contributed by atoms with E-state index in [1.807, 2.05) is 66.2 Å². The monoisotopic (exact) mass is 497 g/mol. The molecular weight excluding hydrogens is 479 g/mol. The van der Waals surface area contributed by atoms with Gasteiger partial charge in [-0.2, -0.15) is 28.3 Å². The van der Waals surface area contributed by atoms with Gasteiger partial charge in [0, 0.05) is 22.7 Å². The number of carbonyl (C=O) groups is 1. The number of hydrazone groups is 1. The van der Waals surface area contributed by atoms with Crippen LogP contribution in [0.1, 0.15) is 11.1 Å². The van der Waals surface area contributed by atoms with Crippen LogP contribution in [0.4, 0.5) is 13.2 Å². The van der Waals surface area contributed by atoms with E-state index in [1.54, 1.807) is 0 Å². The first-order valence-electron chi connectivity index (χ1n) is 10.6. The summed E-state index contributed by atoms with van der Waals surface area (Å²) in [5.74, 6) is -0.482. The van der Waals surface area contributed by atoms with Gasteiger partial charge >= 0.3 is 6.18 Å². The van der Waals surface area contributed by atoms with Crippen molar-refractivity contribution in [3.63, 3.8) is 0 Å². The number of ether oxygens (including phenoxy) is 1. The first-order chi connectivity index (χ1) is 16.7. The lowest BCUT2D eigenvalue weighted by molar-refractivity contribution is -0.114. The number of nitrogens with zero attached hydrogens (tertiary/aromatic N) is 4. The van der Waals surface area contributed by atoms with Crippen molar-refractivity contribution in [2.45, 2.75) is 19.6 Å². The first-order valence-corrected chi connectivity index (χ1v) is 11.4. The van der Waals surface area contributed by atoms with Crippen LogP contribution in [0.15, 0.2) is 70.4 Å². The molecule has 178 valence electrons. The number of amides is 1. The van der Waals surface area contributed by atoms with Crippen molar-refractivity contribution in [2.24, 2.45) is 10.1 Å². The highest BCUT2D eigenvalue weighted by atomic mass is 32.2. The molecule has 2 aliphatic heterocycles. The van der Waals surface area contributed by atoms with Crippen molar-refractivity contribution in [2.75, 3.05) is 6.61 Å². The van der Waals surface area contributed by atoms with Crippen LogP contribution in [0, 0.1) is 12.3 Å². The highest BCUT2D eigenvalue weighted by Gasteiger charge is 2.46. The molecule has 3 heterocycles. The number of hydrogen-bond acceptors (Lipinski definition) is 5. The molecular formula is C24H18F3N5O2S. The molecule has 1 aromatic heterocycles. The third-order valence-corrected chi connectivity index (χ3v) is 6.39. The SMILES string of the molecule is Cc1ccc(OCCn2cc(C=C3C(=N)N4N=C(C(F)(F)F)SC4=NC3=O)c3ccccc32)cc1. The minimum absolute atomic E-state index is 0.139. The van der Waals surface area contributed by atoms with Crippen LogP contribution in [0.3, 0.4) is 0 Å². The lowest BCUT2D eigenvalue weighted by Gasteiger charge is -2.20. The third kappa shape index (κ3) is 4.46. The van der Waals surface area contributed by atoms with Gasteiger partial charge in [-0.3, -0.25) is 10.2 Å².